The topological polar surface area (TPSA) is 55.8 Å². The molecule has 1 rings (SSSR count). The van der Waals surface area contributed by atoms with Gasteiger partial charge in [0.2, 0.25) is 0 Å². The maximum absolute atomic E-state index is 12.5. The number of benzene rings is 1. The molecule has 0 radical (unpaired) electrons. The Labute approximate surface area is 144 Å². The van der Waals surface area contributed by atoms with Gasteiger partial charge in [-0.2, -0.15) is 0 Å². The third-order valence-corrected chi connectivity index (χ3v) is 3.56. The average Bonchev–Trinajstić information content (AvgIpc) is 2.50. The molecule has 1 aromatic rings. The van der Waals surface area contributed by atoms with Crippen LogP contribution in [0.15, 0.2) is 18.2 Å². The number of amides is 1. The van der Waals surface area contributed by atoms with Crippen LogP contribution in [-0.2, 0) is 16.1 Å². The van der Waals surface area contributed by atoms with Crippen molar-refractivity contribution in [3.8, 4) is 5.75 Å². The van der Waals surface area contributed by atoms with Crippen molar-refractivity contribution >= 4 is 12.4 Å². The maximum atomic E-state index is 12.5. The van der Waals surface area contributed by atoms with E-state index in [0.717, 1.165) is 36.0 Å². The molecule has 134 valence electrons. The van der Waals surface area contributed by atoms with Crippen LogP contribution in [0.25, 0.3) is 0 Å². The van der Waals surface area contributed by atoms with Crippen molar-refractivity contribution in [2.24, 2.45) is 0 Å². The molecule has 1 amide bonds. The highest BCUT2D eigenvalue weighted by atomic mass is 16.6. The van der Waals surface area contributed by atoms with Crippen molar-refractivity contribution in [1.29, 1.82) is 0 Å². The first-order valence-corrected chi connectivity index (χ1v) is 8.32. The fraction of sp³-hybridized carbons (Fsp3) is 0.579. The Bertz CT molecular complexity index is 549. The zero-order valence-electron chi connectivity index (χ0n) is 15.4. The van der Waals surface area contributed by atoms with Gasteiger partial charge in [0.05, 0.1) is 7.11 Å². The molecular formula is C19H29NO4. The van der Waals surface area contributed by atoms with Crippen LogP contribution in [0.3, 0.4) is 0 Å². The summed E-state index contributed by atoms with van der Waals surface area (Å²) in [6.45, 7) is 8.61. The van der Waals surface area contributed by atoms with E-state index < -0.39 is 5.60 Å². The third-order valence-electron chi connectivity index (χ3n) is 3.56. The minimum Gasteiger partial charge on any atom is -0.497 e. The van der Waals surface area contributed by atoms with Crippen molar-refractivity contribution in [2.75, 3.05) is 13.7 Å². The summed E-state index contributed by atoms with van der Waals surface area (Å²) >= 11 is 0. The van der Waals surface area contributed by atoms with Gasteiger partial charge in [0.25, 0.3) is 0 Å². The van der Waals surface area contributed by atoms with E-state index in [1.165, 1.54) is 0 Å². The molecule has 0 atom stereocenters. The lowest BCUT2D eigenvalue weighted by molar-refractivity contribution is -0.107. The minimum atomic E-state index is -0.535. The number of carbonyl (C=O) groups excluding carboxylic acids is 2. The Morgan fingerprint density at radius 1 is 1.25 bits per heavy atom. The third kappa shape index (κ3) is 7.02. The molecule has 0 aliphatic rings. The Balaban J connectivity index is 2.83. The van der Waals surface area contributed by atoms with E-state index in [4.69, 9.17) is 9.47 Å². The van der Waals surface area contributed by atoms with Gasteiger partial charge in [-0.05, 0) is 63.8 Å². The Morgan fingerprint density at radius 3 is 2.50 bits per heavy atom. The van der Waals surface area contributed by atoms with Gasteiger partial charge in [-0.3, -0.25) is 0 Å². The van der Waals surface area contributed by atoms with Gasteiger partial charge in [0.1, 0.15) is 17.6 Å². The Hall–Kier alpha value is -2.04. The second kappa shape index (κ2) is 9.30. The molecule has 0 bridgehead atoms. The van der Waals surface area contributed by atoms with Gasteiger partial charge < -0.3 is 19.2 Å². The standard InChI is InChI=1S/C19H29NO4/c1-15-13-17(23-5)10-9-16(15)14-20(11-7-6-8-12-21)18(22)24-19(2,3)4/h9-10,12-13H,6-8,11,14H2,1-5H3. The summed E-state index contributed by atoms with van der Waals surface area (Å²) in [5, 5.41) is 0. The fourth-order valence-electron chi connectivity index (χ4n) is 2.27. The lowest BCUT2D eigenvalue weighted by Crippen LogP contribution is -2.37. The van der Waals surface area contributed by atoms with Gasteiger partial charge in [0, 0.05) is 19.5 Å². The van der Waals surface area contributed by atoms with Crippen molar-refractivity contribution in [1.82, 2.24) is 4.90 Å². The summed E-state index contributed by atoms with van der Waals surface area (Å²) in [5.74, 6) is 0.797. The van der Waals surface area contributed by atoms with Gasteiger partial charge >= 0.3 is 6.09 Å². The molecule has 0 saturated heterocycles. The van der Waals surface area contributed by atoms with E-state index in [1.807, 2.05) is 45.9 Å². The van der Waals surface area contributed by atoms with Crippen molar-refractivity contribution in [3.63, 3.8) is 0 Å². The van der Waals surface area contributed by atoms with Gasteiger partial charge in [-0.15, -0.1) is 0 Å². The van der Waals surface area contributed by atoms with E-state index in [0.29, 0.717) is 19.5 Å². The number of ether oxygens (including phenoxy) is 2. The summed E-state index contributed by atoms with van der Waals surface area (Å²) in [7, 11) is 1.63. The molecule has 24 heavy (non-hydrogen) atoms. The van der Waals surface area contributed by atoms with Gasteiger partial charge in [-0.25, -0.2) is 4.79 Å². The first kappa shape index (κ1) is 20.0. The summed E-state index contributed by atoms with van der Waals surface area (Å²) in [5.41, 5.74) is 1.58. The number of carbonyl (C=O) groups is 2. The number of nitrogens with zero attached hydrogens (tertiary/aromatic N) is 1. The van der Waals surface area contributed by atoms with E-state index >= 15 is 0 Å². The zero-order chi connectivity index (χ0) is 18.2. The van der Waals surface area contributed by atoms with Crippen molar-refractivity contribution in [2.45, 2.75) is 59.1 Å². The molecule has 0 spiro atoms. The van der Waals surface area contributed by atoms with Gasteiger partial charge in [0.15, 0.2) is 0 Å². The zero-order valence-corrected chi connectivity index (χ0v) is 15.4. The molecule has 0 N–H and O–H groups in total. The van der Waals surface area contributed by atoms with Crippen LogP contribution in [0.4, 0.5) is 4.79 Å². The van der Waals surface area contributed by atoms with E-state index in [-0.39, 0.29) is 6.09 Å². The molecule has 5 nitrogen and oxygen atoms in total. The van der Waals surface area contributed by atoms with Crippen LogP contribution < -0.4 is 4.74 Å². The molecule has 0 aliphatic heterocycles. The van der Waals surface area contributed by atoms with Crippen LogP contribution >= 0.6 is 0 Å². The Morgan fingerprint density at radius 2 is 1.96 bits per heavy atom. The highest BCUT2D eigenvalue weighted by molar-refractivity contribution is 5.68. The molecule has 0 heterocycles. The molecule has 0 aromatic heterocycles. The number of aldehydes is 1. The molecule has 0 fully saturated rings. The summed E-state index contributed by atoms with van der Waals surface area (Å²) in [6, 6.07) is 5.81. The second-order valence-corrected chi connectivity index (χ2v) is 6.86. The summed E-state index contributed by atoms with van der Waals surface area (Å²) in [6.07, 6.45) is 2.64. The first-order valence-electron chi connectivity index (χ1n) is 8.32. The number of unbranched alkanes of at least 4 members (excludes halogenated alkanes) is 2. The number of hydrogen-bond donors (Lipinski definition) is 0. The van der Waals surface area contributed by atoms with Crippen LogP contribution in [0.2, 0.25) is 0 Å². The molecule has 1 aromatic carbocycles. The largest absolute Gasteiger partial charge is 0.497 e. The summed E-state index contributed by atoms with van der Waals surface area (Å²) < 4.78 is 10.7. The molecule has 0 unspecified atom stereocenters. The average molecular weight is 335 g/mol. The van der Waals surface area contributed by atoms with Crippen molar-refractivity contribution in [3.05, 3.63) is 29.3 Å². The first-order chi connectivity index (χ1) is 11.3. The molecule has 5 heteroatoms. The van der Waals surface area contributed by atoms with Crippen LogP contribution in [0.1, 0.15) is 51.2 Å². The molecular weight excluding hydrogens is 306 g/mol. The lowest BCUT2D eigenvalue weighted by atomic mass is 10.1. The van der Waals surface area contributed by atoms with Crippen LogP contribution in [0, 0.1) is 6.92 Å². The molecule has 0 aliphatic carbocycles. The summed E-state index contributed by atoms with van der Waals surface area (Å²) in [4.78, 5) is 24.6. The smallest absolute Gasteiger partial charge is 0.410 e. The number of methoxy groups -OCH3 is 1. The van der Waals surface area contributed by atoms with E-state index in [1.54, 1.807) is 12.0 Å². The number of aryl methyl sites for hydroxylation is 1. The number of hydrogen-bond acceptors (Lipinski definition) is 4. The monoisotopic (exact) mass is 335 g/mol. The highest BCUT2D eigenvalue weighted by Crippen LogP contribution is 2.20. The molecule has 0 saturated carbocycles. The second-order valence-electron chi connectivity index (χ2n) is 6.86. The van der Waals surface area contributed by atoms with Gasteiger partial charge in [-0.1, -0.05) is 6.07 Å². The normalized spacial score (nSPS) is 11.0. The minimum absolute atomic E-state index is 0.330. The predicted molar refractivity (Wildman–Crippen MR) is 94.3 cm³/mol. The lowest BCUT2D eigenvalue weighted by Gasteiger charge is -2.28. The Kier molecular flexibility index (Phi) is 7.75. The maximum Gasteiger partial charge on any atom is 0.410 e. The number of rotatable bonds is 8. The van der Waals surface area contributed by atoms with E-state index in [2.05, 4.69) is 0 Å². The van der Waals surface area contributed by atoms with Crippen LogP contribution in [0.5, 0.6) is 5.75 Å². The van der Waals surface area contributed by atoms with Crippen molar-refractivity contribution < 1.29 is 19.1 Å². The SMILES string of the molecule is COc1ccc(CN(CCCCC=O)C(=O)OC(C)(C)C)c(C)c1. The van der Waals surface area contributed by atoms with Crippen LogP contribution in [-0.4, -0.2) is 36.5 Å². The highest BCUT2D eigenvalue weighted by Gasteiger charge is 2.22. The quantitative estimate of drug-likeness (QED) is 0.530. The van der Waals surface area contributed by atoms with E-state index in [9.17, 15) is 9.59 Å². The predicted octanol–water partition coefficient (Wildman–Crippen LogP) is 4.11. The fourth-order valence-corrected chi connectivity index (χ4v) is 2.27.